The van der Waals surface area contributed by atoms with Crippen molar-refractivity contribution in [1.82, 2.24) is 0 Å². The Kier molecular flexibility index (Phi) is 6.68. The van der Waals surface area contributed by atoms with Crippen LogP contribution in [-0.2, 0) is 31.6 Å². The number of hydrogen-bond donors (Lipinski definition) is 0. The molecule has 0 radical (unpaired) electrons. The van der Waals surface area contributed by atoms with E-state index < -0.39 is 22.7 Å². The van der Waals surface area contributed by atoms with Crippen molar-refractivity contribution in [1.29, 1.82) is 5.26 Å². The number of fused-ring (bicyclic) bond motifs is 13. The van der Waals surface area contributed by atoms with Crippen molar-refractivity contribution in [3.8, 4) is 6.07 Å². The molecule has 1 saturated carbocycles. The van der Waals surface area contributed by atoms with Crippen LogP contribution in [0, 0.1) is 23.2 Å². The maximum Gasteiger partial charge on any atom is 0.239 e. The summed E-state index contributed by atoms with van der Waals surface area (Å²) in [7, 11) is 0. The highest BCUT2D eigenvalue weighted by Crippen LogP contribution is 2.72. The van der Waals surface area contributed by atoms with E-state index in [4.69, 9.17) is 5.26 Å². The lowest BCUT2D eigenvalue weighted by atomic mass is 9.59. The van der Waals surface area contributed by atoms with Crippen LogP contribution in [0.5, 0.6) is 0 Å². The number of nitriles is 1. The molecule has 1 heterocycles. The number of carbonyl (C=O) groups is 3. The van der Waals surface area contributed by atoms with E-state index in [1.165, 1.54) is 11.8 Å². The van der Waals surface area contributed by atoms with Gasteiger partial charge in [-0.05, 0) is 61.8 Å². The molecule has 2 fully saturated rings. The van der Waals surface area contributed by atoms with Gasteiger partial charge in [0.25, 0.3) is 0 Å². The van der Waals surface area contributed by atoms with Crippen molar-refractivity contribution >= 4 is 44.8 Å². The van der Waals surface area contributed by atoms with Crippen LogP contribution in [0.3, 0.4) is 0 Å². The summed E-state index contributed by atoms with van der Waals surface area (Å²) >= 11 is 0. The largest absolute Gasteiger partial charge is 0.297 e. The first-order valence-corrected chi connectivity index (χ1v) is 16.4. The molecule has 5 heteroatoms. The Morgan fingerprint density at radius 3 is 1.40 bits per heavy atom. The normalized spacial score (nSPS) is 23.5. The summed E-state index contributed by atoms with van der Waals surface area (Å²) in [6.45, 7) is 3.46. The minimum Gasteiger partial charge on any atom is -0.297 e. The monoisotopic (exact) mass is 624 g/mol. The predicted octanol–water partition coefficient (Wildman–Crippen LogP) is 8.06. The summed E-state index contributed by atoms with van der Waals surface area (Å²) in [6.07, 6.45) is 0.671. The van der Waals surface area contributed by atoms with Gasteiger partial charge < -0.3 is 0 Å². The standard InChI is InChI=1S/C41H29NO3.C2H3N/c1-2-25-15-9-14-24-32(25)42-37(43)35-36(38(42)44)41(27-18-7-4-8-19-27)34-31-23-13-11-21-29(31)28-20-10-12-22-30(28)33(34)40(35,39(41)45)26-16-5-3-6-17-26;1-2-3/h3-24,35-36H,2H2,1H3;1H3/t35-,36+,40+,41-;. The van der Waals surface area contributed by atoms with Crippen molar-refractivity contribution in [2.24, 2.45) is 11.8 Å². The number of hydrogen-bond acceptors (Lipinski definition) is 4. The highest BCUT2D eigenvalue weighted by atomic mass is 16.2. The Balaban J connectivity index is 0.00000108. The molecule has 0 N–H and O–H groups in total. The quantitative estimate of drug-likeness (QED) is 0.147. The second kappa shape index (κ2) is 10.9. The molecular formula is C43H32N2O3. The third-order valence-corrected chi connectivity index (χ3v) is 10.7. The molecule has 0 spiro atoms. The van der Waals surface area contributed by atoms with Crippen LogP contribution in [0.4, 0.5) is 5.69 Å². The first-order valence-electron chi connectivity index (χ1n) is 16.4. The first kappa shape index (κ1) is 29.5. The van der Waals surface area contributed by atoms with Crippen molar-refractivity contribution < 1.29 is 14.4 Å². The molecule has 48 heavy (non-hydrogen) atoms. The zero-order valence-electron chi connectivity index (χ0n) is 26.7. The number of carbonyl (C=O) groups excluding carboxylic acids is 3. The number of nitrogens with zero attached hydrogens (tertiary/aromatic N) is 2. The van der Waals surface area contributed by atoms with Crippen LogP contribution < -0.4 is 4.90 Å². The van der Waals surface area contributed by atoms with Crippen molar-refractivity contribution in [3.63, 3.8) is 0 Å². The van der Waals surface area contributed by atoms with Gasteiger partial charge in [-0.3, -0.25) is 14.4 Å². The Morgan fingerprint density at radius 1 is 0.583 bits per heavy atom. The molecule has 1 saturated heterocycles. The zero-order chi connectivity index (χ0) is 33.2. The van der Waals surface area contributed by atoms with Crippen LogP contribution in [0.1, 0.15) is 41.7 Å². The van der Waals surface area contributed by atoms with Gasteiger partial charge in [0.1, 0.15) is 0 Å². The maximum atomic E-state index is 15.9. The molecule has 0 unspecified atom stereocenters. The average molecular weight is 625 g/mol. The van der Waals surface area contributed by atoms with Crippen molar-refractivity contribution in [2.45, 2.75) is 31.1 Å². The summed E-state index contributed by atoms with van der Waals surface area (Å²) in [5.74, 6) is -2.49. The fourth-order valence-corrected chi connectivity index (χ4v) is 9.21. The van der Waals surface area contributed by atoms with E-state index in [0.717, 1.165) is 49.4 Å². The fraction of sp³-hybridized carbons (Fsp3) is 0.163. The fourth-order valence-electron chi connectivity index (χ4n) is 9.21. The topological polar surface area (TPSA) is 78.2 Å². The average Bonchev–Trinajstić information content (AvgIpc) is 3.65. The number of para-hydroxylation sites is 1. The van der Waals surface area contributed by atoms with Gasteiger partial charge in [-0.15, -0.1) is 0 Å². The number of anilines is 1. The number of rotatable bonds is 4. The molecule has 1 aliphatic heterocycles. The Labute approximate surface area is 279 Å². The summed E-state index contributed by atoms with van der Waals surface area (Å²) < 4.78 is 0. The number of amides is 2. The minimum atomic E-state index is -1.36. The molecule has 3 aliphatic rings. The van der Waals surface area contributed by atoms with Gasteiger partial charge in [0, 0.05) is 6.92 Å². The number of aryl methyl sites for hydroxylation is 1. The van der Waals surface area contributed by atoms with Crippen LogP contribution in [-0.4, -0.2) is 17.6 Å². The molecule has 4 atom stereocenters. The third kappa shape index (κ3) is 3.47. The predicted molar refractivity (Wildman–Crippen MR) is 187 cm³/mol. The lowest BCUT2D eigenvalue weighted by Crippen LogP contribution is -2.45. The molecule has 6 aromatic carbocycles. The van der Waals surface area contributed by atoms with E-state index in [2.05, 4.69) is 24.3 Å². The summed E-state index contributed by atoms with van der Waals surface area (Å²) in [5, 5.41) is 11.3. The Hall–Kier alpha value is -5.86. The second-order valence-electron chi connectivity index (χ2n) is 12.7. The van der Waals surface area contributed by atoms with Crippen molar-refractivity contribution in [2.75, 3.05) is 4.90 Å². The molecule has 0 aromatic heterocycles. The van der Waals surface area contributed by atoms with E-state index in [1.807, 2.05) is 116 Å². The number of imide groups is 1. The van der Waals surface area contributed by atoms with Crippen LogP contribution in [0.15, 0.2) is 133 Å². The van der Waals surface area contributed by atoms with Gasteiger partial charge in [0.05, 0.1) is 34.4 Å². The third-order valence-electron chi connectivity index (χ3n) is 10.7. The zero-order valence-corrected chi connectivity index (χ0v) is 26.7. The summed E-state index contributed by atoms with van der Waals surface area (Å²) in [6, 6.07) is 45.3. The number of benzene rings is 6. The highest BCUT2D eigenvalue weighted by molar-refractivity contribution is 6.34. The van der Waals surface area contributed by atoms with Gasteiger partial charge in [-0.25, -0.2) is 4.90 Å². The molecule has 2 aliphatic carbocycles. The van der Waals surface area contributed by atoms with Crippen LogP contribution in [0.25, 0.3) is 21.5 Å². The smallest absolute Gasteiger partial charge is 0.239 e. The molecular weight excluding hydrogens is 592 g/mol. The minimum absolute atomic E-state index is 0.0796. The molecule has 2 bridgehead atoms. The van der Waals surface area contributed by atoms with Crippen LogP contribution in [0.2, 0.25) is 0 Å². The van der Waals surface area contributed by atoms with Crippen molar-refractivity contribution in [3.05, 3.63) is 161 Å². The first-order chi connectivity index (χ1) is 23.5. The van der Waals surface area contributed by atoms with E-state index in [1.54, 1.807) is 6.07 Å². The summed E-state index contributed by atoms with van der Waals surface area (Å²) in [5.41, 5.74) is 2.07. The van der Waals surface area contributed by atoms with Gasteiger partial charge >= 0.3 is 0 Å². The maximum absolute atomic E-state index is 15.9. The van der Waals surface area contributed by atoms with E-state index in [0.29, 0.717) is 12.1 Å². The number of Topliss-reactive ketones (excluding diaryl/α,β-unsaturated/α-hetero) is 1. The second-order valence-corrected chi connectivity index (χ2v) is 12.7. The van der Waals surface area contributed by atoms with Gasteiger partial charge in [0.2, 0.25) is 11.8 Å². The number of ketones is 1. The van der Waals surface area contributed by atoms with E-state index >= 15 is 14.4 Å². The Morgan fingerprint density at radius 2 is 0.958 bits per heavy atom. The van der Waals surface area contributed by atoms with Crippen LogP contribution >= 0.6 is 0 Å². The molecule has 9 rings (SSSR count). The molecule has 6 aromatic rings. The van der Waals surface area contributed by atoms with Gasteiger partial charge in [-0.1, -0.05) is 134 Å². The molecule has 232 valence electrons. The molecule has 2 amide bonds. The lowest BCUT2D eigenvalue weighted by molar-refractivity contribution is -0.130. The summed E-state index contributed by atoms with van der Waals surface area (Å²) in [4.78, 5) is 47.5. The van der Waals surface area contributed by atoms with Gasteiger partial charge in [0.15, 0.2) is 5.78 Å². The highest BCUT2D eigenvalue weighted by Gasteiger charge is 2.82. The van der Waals surface area contributed by atoms with E-state index in [-0.39, 0.29) is 17.6 Å². The lowest BCUT2D eigenvalue weighted by Gasteiger charge is -2.38. The Bertz CT molecular complexity index is 2210. The van der Waals surface area contributed by atoms with E-state index in [9.17, 15) is 0 Å². The SMILES string of the molecule is CC#N.CCc1ccccc1N1C(=O)[C@@H]2[C@H](C1=O)[C@@]1(c3ccccc3)C(=O)[C@]2(c2ccccc2)c2c1c1ccccc1c1ccccc21. The van der Waals surface area contributed by atoms with Gasteiger partial charge in [-0.2, -0.15) is 5.26 Å². The molecule has 5 nitrogen and oxygen atoms in total.